The van der Waals surface area contributed by atoms with Crippen molar-refractivity contribution in [2.45, 2.75) is 0 Å². The van der Waals surface area contributed by atoms with Gasteiger partial charge in [-0.2, -0.15) is 0 Å². The molecule has 0 radical (unpaired) electrons. The molecule has 52 valence electrons. The summed E-state index contributed by atoms with van der Waals surface area (Å²) >= 11 is 0. The maximum absolute atomic E-state index is 3.80. The molecule has 0 spiro atoms. The number of nitrogens with zero attached hydrogens (tertiary/aromatic N) is 2. The van der Waals surface area contributed by atoms with Gasteiger partial charge >= 0.3 is 58.2 Å². The van der Waals surface area contributed by atoms with Crippen LogP contribution < -0.4 is 63.5 Å². The fraction of sp³-hybridized carbons (Fsp3) is 0.143. The predicted molar refractivity (Wildman–Crippen MR) is 42.2 cm³/mol. The summed E-state index contributed by atoms with van der Waals surface area (Å²) in [6.07, 6.45) is 9.67. The Hall–Kier alpha value is 0.425. The topological polar surface area (TPSA) is 36.8 Å². The van der Waals surface area contributed by atoms with Gasteiger partial charge in [0.1, 0.15) is 0 Å². The van der Waals surface area contributed by atoms with Gasteiger partial charge in [-0.1, -0.05) is 18.0 Å². The second-order valence-electron chi connectivity index (χ2n) is 1.71. The van der Waals surface area contributed by atoms with Gasteiger partial charge in [-0.3, -0.25) is 4.99 Å². The molecule has 0 fully saturated rings. The SMILES string of the molecule is CN=C/C=C1\C=CN=[C-]N1.[Rb+]. The van der Waals surface area contributed by atoms with E-state index in [-0.39, 0.29) is 58.2 Å². The Bertz CT molecular complexity index is 216. The summed E-state index contributed by atoms with van der Waals surface area (Å²) in [5, 5.41) is 2.82. The third-order valence-electron chi connectivity index (χ3n) is 0.997. The molecule has 1 heterocycles. The quantitative estimate of drug-likeness (QED) is 0.387. The maximum Gasteiger partial charge on any atom is 1.00 e. The van der Waals surface area contributed by atoms with Gasteiger partial charge in [0, 0.05) is 13.3 Å². The van der Waals surface area contributed by atoms with Gasteiger partial charge in [-0.15, -0.1) is 6.08 Å². The molecule has 0 aromatic heterocycles. The summed E-state index contributed by atoms with van der Waals surface area (Å²) < 4.78 is 0. The summed E-state index contributed by atoms with van der Waals surface area (Å²) in [6, 6.07) is 0. The zero-order valence-electron chi connectivity index (χ0n) is 6.70. The van der Waals surface area contributed by atoms with Gasteiger partial charge < -0.3 is 10.3 Å². The molecule has 1 N–H and O–H groups in total. The van der Waals surface area contributed by atoms with Crippen molar-refractivity contribution in [1.82, 2.24) is 5.32 Å². The Morgan fingerprint density at radius 3 is 3.09 bits per heavy atom. The van der Waals surface area contributed by atoms with Crippen LogP contribution >= 0.6 is 0 Å². The first-order chi connectivity index (χ1) is 4.93. The van der Waals surface area contributed by atoms with Crippen LogP contribution in [0.25, 0.3) is 0 Å². The second kappa shape index (κ2) is 7.09. The molecule has 0 amide bonds. The van der Waals surface area contributed by atoms with Crippen LogP contribution in [0.4, 0.5) is 0 Å². The standard InChI is InChI=1S/C7H8N3.Rb/c1-8-4-2-7-3-5-9-6-10-7;/h2-5H,1H3,(H,9,10);/q-1;+1/b7-2+,8-4?;. The van der Waals surface area contributed by atoms with Crippen molar-refractivity contribution in [3.63, 3.8) is 0 Å². The second-order valence-corrected chi connectivity index (χ2v) is 1.71. The Kier molecular flexibility index (Phi) is 7.37. The summed E-state index contributed by atoms with van der Waals surface area (Å²) in [6.45, 7) is 0. The Morgan fingerprint density at radius 1 is 1.73 bits per heavy atom. The first kappa shape index (κ1) is 11.4. The molecule has 0 aromatic rings. The van der Waals surface area contributed by atoms with Crippen molar-refractivity contribution in [2.75, 3.05) is 7.05 Å². The Balaban J connectivity index is 0.000001000. The van der Waals surface area contributed by atoms with E-state index < -0.39 is 0 Å². The van der Waals surface area contributed by atoms with E-state index in [0.717, 1.165) is 5.70 Å². The first-order valence-electron chi connectivity index (χ1n) is 2.93. The van der Waals surface area contributed by atoms with E-state index in [1.54, 1.807) is 19.5 Å². The Morgan fingerprint density at radius 2 is 2.55 bits per heavy atom. The van der Waals surface area contributed by atoms with E-state index in [4.69, 9.17) is 0 Å². The van der Waals surface area contributed by atoms with Crippen molar-refractivity contribution in [1.29, 1.82) is 0 Å². The molecule has 0 saturated carbocycles. The monoisotopic (exact) mass is 219 g/mol. The first-order valence-corrected chi connectivity index (χ1v) is 2.93. The minimum absolute atomic E-state index is 0. The van der Waals surface area contributed by atoms with Gasteiger partial charge in [-0.05, 0) is 6.34 Å². The third kappa shape index (κ3) is 4.79. The number of nitrogens with one attached hydrogen (secondary N) is 1. The molecule has 0 aliphatic carbocycles. The molecule has 1 rings (SSSR count). The number of hydrogen-bond acceptors (Lipinski definition) is 3. The summed E-state index contributed by atoms with van der Waals surface area (Å²) in [7, 11) is 1.72. The molecular formula is C7H8N3Rb. The molecule has 4 heteroatoms. The van der Waals surface area contributed by atoms with Crippen molar-refractivity contribution in [2.24, 2.45) is 9.98 Å². The fourth-order valence-electron chi connectivity index (χ4n) is 0.545. The number of hydrogen-bond donors (Lipinski definition) is 1. The van der Waals surface area contributed by atoms with E-state index >= 15 is 0 Å². The van der Waals surface area contributed by atoms with Crippen LogP contribution in [0, 0.1) is 0 Å². The summed E-state index contributed by atoms with van der Waals surface area (Å²) in [5.74, 6) is 0. The molecule has 0 saturated heterocycles. The normalized spacial score (nSPS) is 18.5. The molecule has 1 aliphatic rings. The van der Waals surface area contributed by atoms with Gasteiger partial charge in [0.15, 0.2) is 0 Å². The molecule has 0 atom stereocenters. The van der Waals surface area contributed by atoms with E-state index in [1.165, 1.54) is 0 Å². The number of aliphatic imine (C=N–C) groups is 2. The average molecular weight is 220 g/mol. The van der Waals surface area contributed by atoms with E-state index in [9.17, 15) is 0 Å². The van der Waals surface area contributed by atoms with E-state index in [2.05, 4.69) is 21.6 Å². The van der Waals surface area contributed by atoms with Crippen LogP contribution in [0.2, 0.25) is 0 Å². The average Bonchev–Trinajstić information content (AvgIpc) is 2.03. The molecule has 11 heavy (non-hydrogen) atoms. The summed E-state index contributed by atoms with van der Waals surface area (Å²) in [5.41, 5.74) is 0.945. The number of rotatable bonds is 1. The van der Waals surface area contributed by atoms with Crippen LogP contribution in [0.1, 0.15) is 0 Å². The Labute approximate surface area is 115 Å². The van der Waals surface area contributed by atoms with E-state index in [0.29, 0.717) is 0 Å². The fourth-order valence-corrected chi connectivity index (χ4v) is 0.545. The van der Waals surface area contributed by atoms with Crippen LogP contribution in [0.3, 0.4) is 0 Å². The zero-order valence-corrected chi connectivity index (χ0v) is 11.6. The molecule has 0 bridgehead atoms. The predicted octanol–water partition coefficient (Wildman–Crippen LogP) is -2.40. The van der Waals surface area contributed by atoms with E-state index in [1.807, 2.05) is 12.2 Å². The molecule has 0 aromatic carbocycles. The smallest absolute Gasteiger partial charge is 0.453 e. The molecular weight excluding hydrogens is 212 g/mol. The minimum Gasteiger partial charge on any atom is -0.453 e. The molecule has 1 aliphatic heterocycles. The van der Waals surface area contributed by atoms with Crippen LogP contribution in [0.15, 0.2) is 34.0 Å². The van der Waals surface area contributed by atoms with Gasteiger partial charge in [-0.25, -0.2) is 0 Å². The summed E-state index contributed by atoms with van der Waals surface area (Å²) in [4.78, 5) is 7.50. The molecule has 0 unspecified atom stereocenters. The van der Waals surface area contributed by atoms with Crippen molar-refractivity contribution >= 4 is 12.6 Å². The van der Waals surface area contributed by atoms with Gasteiger partial charge in [0.05, 0.1) is 0 Å². The van der Waals surface area contributed by atoms with Crippen molar-refractivity contribution in [3.05, 3.63) is 24.0 Å². The van der Waals surface area contributed by atoms with Gasteiger partial charge in [0.2, 0.25) is 0 Å². The van der Waals surface area contributed by atoms with Crippen LogP contribution in [-0.4, -0.2) is 19.6 Å². The van der Waals surface area contributed by atoms with Crippen LogP contribution in [-0.2, 0) is 0 Å². The maximum atomic E-state index is 3.80. The van der Waals surface area contributed by atoms with Crippen LogP contribution in [0.5, 0.6) is 0 Å². The largest absolute Gasteiger partial charge is 1.00 e. The zero-order chi connectivity index (χ0) is 7.23. The number of allylic oxidation sites excluding steroid dienone is 2. The van der Waals surface area contributed by atoms with Gasteiger partial charge in [0.25, 0.3) is 0 Å². The third-order valence-corrected chi connectivity index (χ3v) is 0.997. The van der Waals surface area contributed by atoms with Crippen molar-refractivity contribution in [3.8, 4) is 0 Å². The molecule has 3 nitrogen and oxygen atoms in total. The minimum atomic E-state index is 0. The van der Waals surface area contributed by atoms with Crippen molar-refractivity contribution < 1.29 is 58.2 Å².